The molecule has 0 aliphatic heterocycles. The molecule has 566 valence electrons. The van der Waals surface area contributed by atoms with Gasteiger partial charge < -0.3 is 27.9 Å². The molecule has 0 saturated heterocycles. The summed E-state index contributed by atoms with van der Waals surface area (Å²) in [4.78, 5) is 38.2. The molecular formula is C86H164NO8P. The Morgan fingerprint density at radius 3 is 0.885 bits per heavy atom. The smallest absolute Gasteiger partial charge is 0.306 e. The van der Waals surface area contributed by atoms with Gasteiger partial charge in [0.2, 0.25) is 0 Å². The van der Waals surface area contributed by atoms with Crippen molar-refractivity contribution in [2.24, 2.45) is 0 Å². The molecule has 0 N–H and O–H groups in total. The molecule has 0 aromatic heterocycles. The lowest BCUT2D eigenvalue weighted by Gasteiger charge is -2.28. The van der Waals surface area contributed by atoms with Crippen molar-refractivity contribution in [3.8, 4) is 0 Å². The average molecular weight is 1370 g/mol. The van der Waals surface area contributed by atoms with E-state index in [4.69, 9.17) is 18.5 Å². The minimum Gasteiger partial charge on any atom is -0.756 e. The van der Waals surface area contributed by atoms with Gasteiger partial charge in [0.15, 0.2) is 6.10 Å². The monoisotopic (exact) mass is 1370 g/mol. The highest BCUT2D eigenvalue weighted by atomic mass is 31.2. The van der Waals surface area contributed by atoms with Gasteiger partial charge in [0.25, 0.3) is 7.82 Å². The Morgan fingerprint density at radius 1 is 0.333 bits per heavy atom. The Labute approximate surface area is 598 Å². The minimum atomic E-state index is -4.64. The Kier molecular flexibility index (Phi) is 75.5. The van der Waals surface area contributed by atoms with Crippen LogP contribution in [0, 0.1) is 0 Å². The predicted octanol–water partition coefficient (Wildman–Crippen LogP) is 27.7. The van der Waals surface area contributed by atoms with E-state index in [1.807, 2.05) is 21.1 Å². The van der Waals surface area contributed by atoms with Crippen molar-refractivity contribution in [2.45, 2.75) is 444 Å². The number of phosphoric ester groups is 1. The Bertz CT molecular complexity index is 1760. The number of esters is 2. The number of quaternary nitrogens is 1. The van der Waals surface area contributed by atoms with Gasteiger partial charge in [0, 0.05) is 12.8 Å². The van der Waals surface area contributed by atoms with Crippen LogP contribution >= 0.6 is 7.82 Å². The largest absolute Gasteiger partial charge is 0.756 e. The van der Waals surface area contributed by atoms with Crippen molar-refractivity contribution in [1.82, 2.24) is 0 Å². The highest BCUT2D eigenvalue weighted by Gasteiger charge is 2.22. The van der Waals surface area contributed by atoms with E-state index < -0.39 is 26.5 Å². The summed E-state index contributed by atoms with van der Waals surface area (Å²) in [7, 11) is 1.19. The first-order valence-electron chi connectivity index (χ1n) is 42.3. The second-order valence-corrected chi connectivity index (χ2v) is 31.6. The Morgan fingerprint density at radius 2 is 0.594 bits per heavy atom. The molecule has 0 fully saturated rings. The van der Waals surface area contributed by atoms with E-state index in [1.165, 1.54) is 347 Å². The molecule has 0 heterocycles. The summed E-state index contributed by atoms with van der Waals surface area (Å²) >= 11 is 0. The van der Waals surface area contributed by atoms with Crippen LogP contribution in [0.5, 0.6) is 0 Å². The Balaban J connectivity index is 3.86. The molecule has 0 rings (SSSR count). The average Bonchev–Trinajstić information content (AvgIpc) is 1.98. The number of rotatable bonds is 80. The summed E-state index contributed by atoms with van der Waals surface area (Å²) in [6.07, 6.45) is 103. The molecular weight excluding hydrogens is 1210 g/mol. The Hall–Kier alpha value is -2.03. The number of allylic oxidation sites excluding steroid dienone is 8. The van der Waals surface area contributed by atoms with E-state index in [1.54, 1.807) is 0 Å². The van der Waals surface area contributed by atoms with Crippen molar-refractivity contribution in [1.29, 1.82) is 0 Å². The van der Waals surface area contributed by atoms with Crippen LogP contribution in [0.4, 0.5) is 0 Å². The van der Waals surface area contributed by atoms with Gasteiger partial charge in [-0.2, -0.15) is 0 Å². The van der Waals surface area contributed by atoms with Crippen LogP contribution in [-0.4, -0.2) is 70.0 Å². The van der Waals surface area contributed by atoms with E-state index in [0.717, 1.165) is 57.8 Å². The molecule has 0 aromatic carbocycles. The summed E-state index contributed by atoms with van der Waals surface area (Å²) < 4.78 is 34.5. The molecule has 2 atom stereocenters. The van der Waals surface area contributed by atoms with Gasteiger partial charge >= 0.3 is 11.9 Å². The van der Waals surface area contributed by atoms with E-state index in [0.29, 0.717) is 17.4 Å². The second-order valence-electron chi connectivity index (χ2n) is 30.2. The lowest BCUT2D eigenvalue weighted by molar-refractivity contribution is -0.870. The summed E-state index contributed by atoms with van der Waals surface area (Å²) in [5.74, 6) is -0.804. The molecule has 0 aromatic rings. The van der Waals surface area contributed by atoms with Gasteiger partial charge in [0.05, 0.1) is 27.7 Å². The maximum absolute atomic E-state index is 12.9. The van der Waals surface area contributed by atoms with Gasteiger partial charge in [-0.25, -0.2) is 0 Å². The van der Waals surface area contributed by atoms with Gasteiger partial charge in [-0.15, -0.1) is 0 Å². The summed E-state index contributed by atoms with van der Waals surface area (Å²) in [5, 5.41) is 0. The van der Waals surface area contributed by atoms with Gasteiger partial charge in [-0.05, 0) is 51.4 Å². The fraction of sp³-hybridized carbons (Fsp3) is 0.884. The van der Waals surface area contributed by atoms with E-state index in [2.05, 4.69) is 62.5 Å². The lowest BCUT2D eigenvalue weighted by Crippen LogP contribution is -2.37. The van der Waals surface area contributed by atoms with Crippen LogP contribution in [0.3, 0.4) is 0 Å². The number of carbonyl (C=O) groups excluding carboxylic acids is 2. The summed E-state index contributed by atoms with van der Waals surface area (Å²) in [5.41, 5.74) is 0. The standard InChI is InChI=1S/C86H164NO8P/c1-6-8-10-12-14-16-18-20-22-24-26-28-30-32-34-36-38-40-41-42-43-44-45-47-49-51-53-55-57-59-61-63-65-67-69-71-73-75-77-79-86(89)95-84(83-94-96(90,91)93-81-80-87(3,4)5)82-92-85(88)78-76-74-72-70-68-66-64-62-60-58-56-54-52-50-48-46-39-37-35-33-31-29-27-25-23-21-19-17-15-13-11-9-7-2/h8,10,14,16,20,22,26,28,84H,6-7,9,11-13,15,17-19,21,23-25,27,29-83H2,1-5H3/b10-8-,16-14-,22-20-,28-26-. The number of hydrogen-bond acceptors (Lipinski definition) is 8. The summed E-state index contributed by atoms with van der Waals surface area (Å²) in [6, 6.07) is 0. The first-order chi connectivity index (χ1) is 47.0. The SMILES string of the molecule is CC/C=C\C/C=C\C/C=C\C/C=C\CCCCCCCCCCCCCCCCCCCCCCCCCCCCC(=O)OC(COC(=O)CCCCCCCCCCCCCCCCCCCCCCCCCCCCCCCCCCC)COP(=O)([O-])OCC[N+](C)(C)C. The maximum Gasteiger partial charge on any atom is 0.306 e. The van der Waals surface area contributed by atoms with Crippen LogP contribution in [-0.2, 0) is 32.7 Å². The molecule has 0 spiro atoms. The van der Waals surface area contributed by atoms with Gasteiger partial charge in [-0.3, -0.25) is 14.2 Å². The summed E-state index contributed by atoms with van der Waals surface area (Å²) in [6.45, 7) is 4.22. The number of carbonyl (C=O) groups is 2. The highest BCUT2D eigenvalue weighted by Crippen LogP contribution is 2.38. The zero-order valence-corrected chi connectivity index (χ0v) is 65.7. The third-order valence-electron chi connectivity index (χ3n) is 19.4. The molecule has 0 bridgehead atoms. The normalized spacial score (nSPS) is 13.2. The number of ether oxygens (including phenoxy) is 2. The molecule has 0 amide bonds. The van der Waals surface area contributed by atoms with Crippen LogP contribution < -0.4 is 4.89 Å². The van der Waals surface area contributed by atoms with Gasteiger partial charge in [0.1, 0.15) is 19.8 Å². The molecule has 0 aliphatic carbocycles. The first kappa shape index (κ1) is 94.0. The zero-order valence-electron chi connectivity index (χ0n) is 64.9. The maximum atomic E-state index is 12.9. The molecule has 0 aliphatic rings. The van der Waals surface area contributed by atoms with Crippen molar-refractivity contribution >= 4 is 19.8 Å². The number of likely N-dealkylation sites (N-methyl/N-ethyl adjacent to an activating group) is 1. The van der Waals surface area contributed by atoms with E-state index in [-0.39, 0.29) is 32.0 Å². The molecule has 2 unspecified atom stereocenters. The predicted molar refractivity (Wildman–Crippen MR) is 416 cm³/mol. The first-order valence-corrected chi connectivity index (χ1v) is 43.8. The molecule has 0 saturated carbocycles. The van der Waals surface area contributed by atoms with Crippen LogP contribution in [0.25, 0.3) is 0 Å². The van der Waals surface area contributed by atoms with Crippen LogP contribution in [0.15, 0.2) is 48.6 Å². The number of phosphoric acid groups is 1. The van der Waals surface area contributed by atoms with Crippen molar-refractivity contribution in [3.05, 3.63) is 48.6 Å². The third-order valence-corrected chi connectivity index (χ3v) is 20.3. The second kappa shape index (κ2) is 77.1. The molecule has 0 radical (unpaired) electrons. The topological polar surface area (TPSA) is 111 Å². The van der Waals surface area contributed by atoms with Crippen molar-refractivity contribution in [3.63, 3.8) is 0 Å². The number of unbranched alkanes of at least 4 members (excludes halogenated alkanes) is 58. The van der Waals surface area contributed by atoms with Crippen molar-refractivity contribution in [2.75, 3.05) is 47.5 Å². The van der Waals surface area contributed by atoms with Crippen molar-refractivity contribution < 1.29 is 42.1 Å². The van der Waals surface area contributed by atoms with E-state index >= 15 is 0 Å². The quantitative estimate of drug-likeness (QED) is 0.0195. The van der Waals surface area contributed by atoms with E-state index in [9.17, 15) is 19.0 Å². The molecule has 9 nitrogen and oxygen atoms in total. The lowest BCUT2D eigenvalue weighted by atomic mass is 10.0. The third kappa shape index (κ3) is 80.9. The fourth-order valence-electron chi connectivity index (χ4n) is 13.0. The molecule has 96 heavy (non-hydrogen) atoms. The molecule has 10 heteroatoms. The van der Waals surface area contributed by atoms with Crippen LogP contribution in [0.1, 0.15) is 438 Å². The minimum absolute atomic E-state index is 0.0269. The zero-order chi connectivity index (χ0) is 69.7. The number of hydrogen-bond donors (Lipinski definition) is 0. The van der Waals surface area contributed by atoms with Crippen LogP contribution in [0.2, 0.25) is 0 Å². The number of nitrogens with zero attached hydrogens (tertiary/aromatic N) is 1. The fourth-order valence-corrected chi connectivity index (χ4v) is 13.7. The highest BCUT2D eigenvalue weighted by molar-refractivity contribution is 7.45. The van der Waals surface area contributed by atoms with Gasteiger partial charge in [-0.1, -0.05) is 422 Å².